The van der Waals surface area contributed by atoms with Crippen LogP contribution in [0.5, 0.6) is 0 Å². The van der Waals surface area contributed by atoms with Crippen molar-refractivity contribution in [2.75, 3.05) is 19.6 Å². The van der Waals surface area contributed by atoms with E-state index in [0.717, 1.165) is 25.9 Å². The van der Waals surface area contributed by atoms with Crippen LogP contribution in [-0.2, 0) is 4.74 Å². The SMILES string of the molecule is CC(C)(C)C1CC(OC(N)=O)CCN1CCN. The summed E-state index contributed by atoms with van der Waals surface area (Å²) in [4.78, 5) is 13.2. The summed E-state index contributed by atoms with van der Waals surface area (Å²) in [6.45, 7) is 9.08. The molecule has 1 saturated heterocycles. The van der Waals surface area contributed by atoms with Crippen molar-refractivity contribution in [1.29, 1.82) is 0 Å². The molecule has 1 rings (SSSR count). The molecular weight excluding hydrogens is 218 g/mol. The van der Waals surface area contributed by atoms with E-state index in [1.165, 1.54) is 0 Å². The molecule has 5 heteroatoms. The zero-order valence-corrected chi connectivity index (χ0v) is 11.1. The molecule has 1 aliphatic rings. The van der Waals surface area contributed by atoms with E-state index in [9.17, 15) is 4.79 Å². The van der Waals surface area contributed by atoms with Gasteiger partial charge in [-0.1, -0.05) is 20.8 Å². The molecule has 4 N–H and O–H groups in total. The minimum Gasteiger partial charge on any atom is -0.446 e. The van der Waals surface area contributed by atoms with E-state index in [-0.39, 0.29) is 11.5 Å². The molecule has 5 nitrogen and oxygen atoms in total. The maximum Gasteiger partial charge on any atom is 0.404 e. The summed E-state index contributed by atoms with van der Waals surface area (Å²) in [6, 6.07) is 0.379. The Morgan fingerprint density at radius 1 is 1.47 bits per heavy atom. The first-order valence-corrected chi connectivity index (χ1v) is 6.24. The third kappa shape index (κ3) is 4.16. The van der Waals surface area contributed by atoms with Crippen LogP contribution in [0.1, 0.15) is 33.6 Å². The van der Waals surface area contributed by atoms with Crippen molar-refractivity contribution in [3.63, 3.8) is 0 Å². The number of rotatable bonds is 3. The second kappa shape index (κ2) is 5.69. The van der Waals surface area contributed by atoms with Crippen molar-refractivity contribution in [3.8, 4) is 0 Å². The lowest BCUT2D eigenvalue weighted by Gasteiger charge is -2.45. The van der Waals surface area contributed by atoms with Crippen molar-refractivity contribution >= 4 is 6.09 Å². The Hall–Kier alpha value is -0.810. The summed E-state index contributed by atoms with van der Waals surface area (Å²) in [5.74, 6) is 0. The van der Waals surface area contributed by atoms with Crippen LogP contribution in [0.3, 0.4) is 0 Å². The molecule has 0 spiro atoms. The molecule has 0 saturated carbocycles. The molecule has 0 aromatic heterocycles. The molecule has 1 aliphatic heterocycles. The van der Waals surface area contributed by atoms with Crippen LogP contribution in [0, 0.1) is 5.41 Å². The van der Waals surface area contributed by atoms with Crippen molar-refractivity contribution in [2.24, 2.45) is 16.9 Å². The van der Waals surface area contributed by atoms with Gasteiger partial charge in [-0.3, -0.25) is 4.90 Å². The highest BCUT2D eigenvalue weighted by atomic mass is 16.6. The molecule has 1 heterocycles. The average molecular weight is 243 g/mol. The Balaban J connectivity index is 2.66. The number of hydrogen-bond acceptors (Lipinski definition) is 4. The molecule has 0 bridgehead atoms. The smallest absolute Gasteiger partial charge is 0.404 e. The van der Waals surface area contributed by atoms with Gasteiger partial charge in [-0.15, -0.1) is 0 Å². The molecule has 0 aliphatic carbocycles. The molecule has 0 aromatic carbocycles. The first-order valence-electron chi connectivity index (χ1n) is 6.24. The van der Waals surface area contributed by atoms with Gasteiger partial charge in [-0.25, -0.2) is 4.79 Å². The molecule has 2 unspecified atom stereocenters. The predicted octanol–water partition coefficient (Wildman–Crippen LogP) is 0.920. The average Bonchev–Trinajstić information content (AvgIpc) is 2.18. The third-order valence-electron chi connectivity index (χ3n) is 3.36. The fourth-order valence-electron chi connectivity index (χ4n) is 2.59. The number of hydrogen-bond donors (Lipinski definition) is 2. The highest BCUT2D eigenvalue weighted by molar-refractivity contribution is 5.64. The number of piperidine rings is 1. The second-order valence-electron chi connectivity index (χ2n) is 5.79. The van der Waals surface area contributed by atoms with Crippen LogP contribution in [0.15, 0.2) is 0 Å². The van der Waals surface area contributed by atoms with Gasteiger partial charge in [-0.05, 0) is 11.8 Å². The van der Waals surface area contributed by atoms with Gasteiger partial charge in [0.15, 0.2) is 0 Å². The lowest BCUT2D eigenvalue weighted by atomic mass is 9.79. The zero-order chi connectivity index (χ0) is 13.1. The summed E-state index contributed by atoms with van der Waals surface area (Å²) in [5.41, 5.74) is 10.9. The van der Waals surface area contributed by atoms with Gasteiger partial charge in [0.25, 0.3) is 0 Å². The van der Waals surface area contributed by atoms with Crippen LogP contribution in [-0.4, -0.2) is 42.8 Å². The fourth-order valence-corrected chi connectivity index (χ4v) is 2.59. The first kappa shape index (κ1) is 14.3. The Kier molecular flexibility index (Phi) is 4.77. The van der Waals surface area contributed by atoms with Gasteiger partial charge >= 0.3 is 6.09 Å². The fraction of sp³-hybridized carbons (Fsp3) is 0.917. The Morgan fingerprint density at radius 3 is 2.59 bits per heavy atom. The van der Waals surface area contributed by atoms with Crippen LogP contribution in [0.2, 0.25) is 0 Å². The number of primary amides is 1. The highest BCUT2D eigenvalue weighted by Crippen LogP contribution is 2.32. The van der Waals surface area contributed by atoms with Crippen LogP contribution >= 0.6 is 0 Å². The van der Waals surface area contributed by atoms with Crippen molar-refractivity contribution in [2.45, 2.75) is 45.8 Å². The van der Waals surface area contributed by atoms with E-state index >= 15 is 0 Å². The molecule has 0 radical (unpaired) electrons. The molecule has 2 atom stereocenters. The number of carbonyl (C=O) groups excluding carboxylic acids is 1. The normalized spacial score (nSPS) is 26.8. The molecule has 1 amide bonds. The Morgan fingerprint density at radius 2 is 2.12 bits per heavy atom. The zero-order valence-electron chi connectivity index (χ0n) is 11.1. The standard InChI is InChI=1S/C12H25N3O2/c1-12(2,3)10-8-9(17-11(14)16)4-6-15(10)7-5-13/h9-10H,4-8,13H2,1-3H3,(H2,14,16). The third-order valence-corrected chi connectivity index (χ3v) is 3.36. The minimum atomic E-state index is -0.671. The predicted molar refractivity (Wildman–Crippen MR) is 67.6 cm³/mol. The number of ether oxygens (including phenoxy) is 1. The monoisotopic (exact) mass is 243 g/mol. The van der Waals surface area contributed by atoms with E-state index in [1.807, 2.05) is 0 Å². The number of likely N-dealkylation sites (tertiary alicyclic amines) is 1. The number of carbonyl (C=O) groups is 1. The lowest BCUT2D eigenvalue weighted by molar-refractivity contribution is -0.00914. The largest absolute Gasteiger partial charge is 0.446 e. The van der Waals surface area contributed by atoms with E-state index < -0.39 is 6.09 Å². The van der Waals surface area contributed by atoms with Gasteiger partial charge in [0.1, 0.15) is 6.10 Å². The van der Waals surface area contributed by atoms with Crippen molar-refractivity contribution in [3.05, 3.63) is 0 Å². The number of amides is 1. The summed E-state index contributed by atoms with van der Waals surface area (Å²) in [5, 5.41) is 0. The first-order chi connectivity index (χ1) is 7.84. The van der Waals surface area contributed by atoms with Gasteiger partial charge in [0.05, 0.1) is 0 Å². The summed E-state index contributed by atoms with van der Waals surface area (Å²) in [7, 11) is 0. The van der Waals surface area contributed by atoms with E-state index in [2.05, 4.69) is 25.7 Å². The van der Waals surface area contributed by atoms with Crippen molar-refractivity contribution < 1.29 is 9.53 Å². The Labute approximate surface area is 103 Å². The second-order valence-corrected chi connectivity index (χ2v) is 5.79. The minimum absolute atomic E-state index is 0.0502. The summed E-state index contributed by atoms with van der Waals surface area (Å²) < 4.78 is 5.12. The highest BCUT2D eigenvalue weighted by Gasteiger charge is 2.36. The number of nitrogens with two attached hydrogens (primary N) is 2. The molecule has 1 fully saturated rings. The quantitative estimate of drug-likeness (QED) is 0.772. The maximum absolute atomic E-state index is 10.8. The lowest BCUT2D eigenvalue weighted by Crippen LogP contribution is -2.52. The van der Waals surface area contributed by atoms with E-state index in [0.29, 0.717) is 12.6 Å². The van der Waals surface area contributed by atoms with Crippen LogP contribution in [0.25, 0.3) is 0 Å². The molecule has 100 valence electrons. The van der Waals surface area contributed by atoms with Gasteiger partial charge in [0.2, 0.25) is 0 Å². The van der Waals surface area contributed by atoms with Gasteiger partial charge < -0.3 is 16.2 Å². The number of nitrogens with zero attached hydrogens (tertiary/aromatic N) is 1. The van der Waals surface area contributed by atoms with E-state index in [1.54, 1.807) is 0 Å². The summed E-state index contributed by atoms with van der Waals surface area (Å²) >= 11 is 0. The van der Waals surface area contributed by atoms with E-state index in [4.69, 9.17) is 16.2 Å². The summed E-state index contributed by atoms with van der Waals surface area (Å²) in [6.07, 6.45) is 0.961. The molecule has 0 aromatic rings. The van der Waals surface area contributed by atoms with Crippen LogP contribution < -0.4 is 11.5 Å². The molecular formula is C12H25N3O2. The van der Waals surface area contributed by atoms with Gasteiger partial charge in [0, 0.05) is 32.1 Å². The maximum atomic E-state index is 10.8. The van der Waals surface area contributed by atoms with Crippen molar-refractivity contribution in [1.82, 2.24) is 4.90 Å². The topological polar surface area (TPSA) is 81.6 Å². The van der Waals surface area contributed by atoms with Crippen LogP contribution in [0.4, 0.5) is 4.79 Å². The van der Waals surface area contributed by atoms with Gasteiger partial charge in [-0.2, -0.15) is 0 Å². The Bertz CT molecular complexity index is 263. The molecule has 17 heavy (non-hydrogen) atoms.